The molecule has 2 rings (SSSR count). The molecular weight excluding hydrogens is 254 g/mol. The number of hydrogen-bond acceptors (Lipinski definition) is 3. The maximum Gasteiger partial charge on any atom is 0.224 e. The summed E-state index contributed by atoms with van der Waals surface area (Å²) in [6.45, 7) is 2.55. The minimum absolute atomic E-state index is 0.0271. The van der Waals surface area contributed by atoms with Crippen LogP contribution in [0.5, 0.6) is 5.75 Å². The van der Waals surface area contributed by atoms with Crippen LogP contribution in [0.3, 0.4) is 0 Å². The molecule has 0 aliphatic rings. The van der Waals surface area contributed by atoms with Crippen LogP contribution in [0.15, 0.2) is 42.7 Å². The van der Waals surface area contributed by atoms with Crippen LogP contribution < -0.4 is 0 Å². The molecule has 1 aromatic heterocycles. The van der Waals surface area contributed by atoms with Crippen LogP contribution in [0, 0.1) is 0 Å². The van der Waals surface area contributed by atoms with Crippen molar-refractivity contribution in [2.75, 3.05) is 7.05 Å². The number of aryl methyl sites for hydroxylation is 1. The Hall–Kier alpha value is -2.30. The first-order valence-electron chi connectivity index (χ1n) is 6.60. The van der Waals surface area contributed by atoms with Crippen LogP contribution in [0.1, 0.15) is 24.9 Å². The third kappa shape index (κ3) is 3.38. The Bertz CT molecular complexity index is 549. The van der Waals surface area contributed by atoms with E-state index in [1.165, 1.54) is 0 Å². The highest BCUT2D eigenvalue weighted by Crippen LogP contribution is 2.21. The summed E-state index contributed by atoms with van der Waals surface area (Å²) in [6.07, 6.45) is 3.96. The SMILES string of the molecule is CC(c1ccc(O)cc1)N(C)C(=O)CCn1cccn1. The summed E-state index contributed by atoms with van der Waals surface area (Å²) in [5.41, 5.74) is 0.998. The molecule has 0 bridgehead atoms. The number of phenolic OH excluding ortho intramolecular Hbond substituents is 1. The van der Waals surface area contributed by atoms with E-state index in [0.29, 0.717) is 13.0 Å². The second kappa shape index (κ2) is 6.23. The fraction of sp³-hybridized carbons (Fsp3) is 0.333. The first kappa shape index (κ1) is 14.1. The molecule has 0 aliphatic carbocycles. The predicted octanol–water partition coefficient (Wildman–Crippen LogP) is 2.20. The lowest BCUT2D eigenvalue weighted by molar-refractivity contribution is -0.132. The number of hydrogen-bond donors (Lipinski definition) is 1. The van der Waals surface area contributed by atoms with Gasteiger partial charge in [0.05, 0.1) is 6.04 Å². The van der Waals surface area contributed by atoms with Gasteiger partial charge in [0.1, 0.15) is 5.75 Å². The molecule has 1 atom stereocenters. The number of amides is 1. The molecule has 0 saturated carbocycles. The van der Waals surface area contributed by atoms with Gasteiger partial charge in [-0.1, -0.05) is 12.1 Å². The Morgan fingerprint density at radius 3 is 2.70 bits per heavy atom. The third-order valence-electron chi connectivity index (χ3n) is 3.46. The molecule has 5 heteroatoms. The molecule has 1 unspecified atom stereocenters. The molecule has 20 heavy (non-hydrogen) atoms. The predicted molar refractivity (Wildman–Crippen MR) is 76.1 cm³/mol. The van der Waals surface area contributed by atoms with E-state index in [1.807, 2.05) is 31.3 Å². The van der Waals surface area contributed by atoms with Crippen molar-refractivity contribution in [1.82, 2.24) is 14.7 Å². The minimum atomic E-state index is -0.0271. The Balaban J connectivity index is 1.93. The summed E-state index contributed by atoms with van der Waals surface area (Å²) in [7, 11) is 1.79. The summed E-state index contributed by atoms with van der Waals surface area (Å²) >= 11 is 0. The van der Waals surface area contributed by atoms with E-state index in [0.717, 1.165) is 5.56 Å². The zero-order valence-corrected chi connectivity index (χ0v) is 11.7. The smallest absolute Gasteiger partial charge is 0.224 e. The quantitative estimate of drug-likeness (QED) is 0.908. The molecule has 0 radical (unpaired) electrons. The average molecular weight is 273 g/mol. The first-order chi connectivity index (χ1) is 9.58. The molecule has 2 aromatic rings. The van der Waals surface area contributed by atoms with Gasteiger partial charge in [-0.25, -0.2) is 0 Å². The highest BCUT2D eigenvalue weighted by molar-refractivity contribution is 5.76. The van der Waals surface area contributed by atoms with Crippen molar-refractivity contribution in [2.45, 2.75) is 25.9 Å². The van der Waals surface area contributed by atoms with Crippen molar-refractivity contribution >= 4 is 5.91 Å². The van der Waals surface area contributed by atoms with Crippen LogP contribution in [0.2, 0.25) is 0 Å². The van der Waals surface area contributed by atoms with Crippen molar-refractivity contribution in [3.63, 3.8) is 0 Å². The van der Waals surface area contributed by atoms with Gasteiger partial charge >= 0.3 is 0 Å². The number of rotatable bonds is 5. The van der Waals surface area contributed by atoms with Crippen molar-refractivity contribution in [1.29, 1.82) is 0 Å². The van der Waals surface area contributed by atoms with E-state index in [1.54, 1.807) is 35.0 Å². The highest BCUT2D eigenvalue weighted by Gasteiger charge is 2.17. The molecule has 1 amide bonds. The number of phenols is 1. The minimum Gasteiger partial charge on any atom is -0.508 e. The zero-order valence-electron chi connectivity index (χ0n) is 11.7. The maximum atomic E-state index is 12.2. The Morgan fingerprint density at radius 2 is 2.10 bits per heavy atom. The number of aromatic nitrogens is 2. The molecular formula is C15H19N3O2. The molecule has 5 nitrogen and oxygen atoms in total. The first-order valence-corrected chi connectivity index (χ1v) is 6.60. The summed E-state index contributed by atoms with van der Waals surface area (Å²) in [4.78, 5) is 13.9. The highest BCUT2D eigenvalue weighted by atomic mass is 16.3. The van der Waals surface area contributed by atoms with E-state index in [2.05, 4.69) is 5.10 Å². The summed E-state index contributed by atoms with van der Waals surface area (Å²) in [6, 6.07) is 8.74. The number of aromatic hydroxyl groups is 1. The standard InChI is InChI=1S/C15H19N3O2/c1-12(13-4-6-14(19)7-5-13)17(2)15(20)8-11-18-10-3-9-16-18/h3-7,9-10,12,19H,8,11H2,1-2H3. The topological polar surface area (TPSA) is 58.4 Å². The van der Waals surface area contributed by atoms with Crippen molar-refractivity contribution < 1.29 is 9.90 Å². The van der Waals surface area contributed by atoms with Gasteiger partial charge in [0.25, 0.3) is 0 Å². The van der Waals surface area contributed by atoms with Crippen LogP contribution in [-0.4, -0.2) is 32.7 Å². The molecule has 0 spiro atoms. The molecule has 0 fully saturated rings. The van der Waals surface area contributed by atoms with E-state index in [9.17, 15) is 9.90 Å². The monoisotopic (exact) mass is 273 g/mol. The number of benzene rings is 1. The van der Waals surface area contributed by atoms with Crippen molar-refractivity contribution in [3.8, 4) is 5.75 Å². The summed E-state index contributed by atoms with van der Waals surface area (Å²) < 4.78 is 1.75. The van der Waals surface area contributed by atoms with Gasteiger partial charge in [0.15, 0.2) is 0 Å². The number of nitrogens with zero attached hydrogens (tertiary/aromatic N) is 3. The van der Waals surface area contributed by atoms with Crippen LogP contribution in [0.25, 0.3) is 0 Å². The molecule has 106 valence electrons. The largest absolute Gasteiger partial charge is 0.508 e. The lowest BCUT2D eigenvalue weighted by atomic mass is 10.1. The van der Waals surface area contributed by atoms with E-state index in [-0.39, 0.29) is 17.7 Å². The molecule has 1 aromatic carbocycles. The normalized spacial score (nSPS) is 12.1. The summed E-state index contributed by atoms with van der Waals surface area (Å²) in [5, 5.41) is 13.4. The van der Waals surface area contributed by atoms with Gasteiger partial charge in [-0.05, 0) is 30.7 Å². The van der Waals surface area contributed by atoms with Crippen LogP contribution in [-0.2, 0) is 11.3 Å². The third-order valence-corrected chi connectivity index (χ3v) is 3.46. The lowest BCUT2D eigenvalue weighted by Gasteiger charge is -2.25. The van der Waals surface area contributed by atoms with Gasteiger partial charge in [0.2, 0.25) is 5.91 Å². The summed E-state index contributed by atoms with van der Waals surface area (Å²) in [5.74, 6) is 0.301. The Labute approximate surface area is 118 Å². The van der Waals surface area contributed by atoms with Gasteiger partial charge in [0, 0.05) is 32.4 Å². The van der Waals surface area contributed by atoms with E-state index >= 15 is 0 Å². The number of carbonyl (C=O) groups excluding carboxylic acids is 1. The van der Waals surface area contributed by atoms with Crippen LogP contribution in [0.4, 0.5) is 0 Å². The molecule has 0 aliphatic heterocycles. The van der Waals surface area contributed by atoms with Gasteiger partial charge < -0.3 is 10.0 Å². The molecule has 1 heterocycles. The van der Waals surface area contributed by atoms with Gasteiger partial charge in [-0.2, -0.15) is 5.10 Å². The van der Waals surface area contributed by atoms with Crippen molar-refractivity contribution in [3.05, 3.63) is 48.3 Å². The average Bonchev–Trinajstić information content (AvgIpc) is 2.97. The second-order valence-electron chi connectivity index (χ2n) is 4.79. The Kier molecular flexibility index (Phi) is 4.40. The number of carbonyl (C=O) groups is 1. The van der Waals surface area contributed by atoms with Gasteiger partial charge in [-0.15, -0.1) is 0 Å². The van der Waals surface area contributed by atoms with E-state index in [4.69, 9.17) is 0 Å². The molecule has 0 saturated heterocycles. The lowest BCUT2D eigenvalue weighted by Crippen LogP contribution is -2.30. The zero-order chi connectivity index (χ0) is 14.5. The fourth-order valence-electron chi connectivity index (χ4n) is 2.01. The maximum absolute atomic E-state index is 12.2. The fourth-order valence-corrected chi connectivity index (χ4v) is 2.01. The van der Waals surface area contributed by atoms with Crippen molar-refractivity contribution in [2.24, 2.45) is 0 Å². The second-order valence-corrected chi connectivity index (χ2v) is 4.79. The Morgan fingerprint density at radius 1 is 1.40 bits per heavy atom. The molecule has 1 N–H and O–H groups in total. The van der Waals surface area contributed by atoms with E-state index < -0.39 is 0 Å². The van der Waals surface area contributed by atoms with Gasteiger partial charge in [-0.3, -0.25) is 9.48 Å². The van der Waals surface area contributed by atoms with Crippen LogP contribution >= 0.6 is 0 Å².